The molecule has 4 nitrogen and oxygen atoms in total. The number of nitrogens with one attached hydrogen (secondary N) is 1. The molecule has 0 aliphatic rings. The van der Waals surface area contributed by atoms with E-state index in [2.05, 4.69) is 19.2 Å². The standard InChI is InChI=1S/C23H30N2O2/c1-18(2)14-15-24-22(26)16-19(3)17-23(27)25(20-10-6-4-7-11-20)21-12-8-5-9-13-21/h4-13,18-19H,14-17H2,1-3H3,(H,24,26)/t19-/m1/s1. The van der Waals surface area contributed by atoms with Crippen LogP contribution in [0.15, 0.2) is 60.7 Å². The van der Waals surface area contributed by atoms with E-state index in [0.717, 1.165) is 17.8 Å². The van der Waals surface area contributed by atoms with Crippen LogP contribution in [0.25, 0.3) is 0 Å². The highest BCUT2D eigenvalue weighted by Crippen LogP contribution is 2.27. The van der Waals surface area contributed by atoms with E-state index in [-0.39, 0.29) is 17.7 Å². The number of carbonyl (C=O) groups excluding carboxylic acids is 2. The number of hydrogen-bond donors (Lipinski definition) is 1. The van der Waals surface area contributed by atoms with Crippen molar-refractivity contribution in [3.8, 4) is 0 Å². The molecule has 0 bridgehead atoms. The van der Waals surface area contributed by atoms with E-state index in [4.69, 9.17) is 0 Å². The van der Waals surface area contributed by atoms with E-state index >= 15 is 0 Å². The van der Waals surface area contributed by atoms with Crippen molar-refractivity contribution in [2.24, 2.45) is 11.8 Å². The highest BCUT2D eigenvalue weighted by molar-refractivity contribution is 6.00. The van der Waals surface area contributed by atoms with Crippen molar-refractivity contribution in [3.63, 3.8) is 0 Å². The van der Waals surface area contributed by atoms with Gasteiger partial charge in [-0.3, -0.25) is 14.5 Å². The van der Waals surface area contributed by atoms with Crippen LogP contribution >= 0.6 is 0 Å². The third-order valence-electron chi connectivity index (χ3n) is 4.38. The minimum atomic E-state index is -0.0218. The molecule has 2 aromatic rings. The molecule has 0 aliphatic carbocycles. The van der Waals surface area contributed by atoms with Crippen molar-refractivity contribution in [1.29, 1.82) is 0 Å². The second kappa shape index (κ2) is 10.5. The van der Waals surface area contributed by atoms with Gasteiger partial charge in [-0.2, -0.15) is 0 Å². The molecule has 0 radical (unpaired) electrons. The Morgan fingerprint density at radius 2 is 1.37 bits per heavy atom. The summed E-state index contributed by atoms with van der Waals surface area (Å²) in [5.41, 5.74) is 1.67. The van der Waals surface area contributed by atoms with Crippen LogP contribution in [0.1, 0.15) is 40.0 Å². The van der Waals surface area contributed by atoms with Gasteiger partial charge in [-0.15, -0.1) is 0 Å². The summed E-state index contributed by atoms with van der Waals surface area (Å²) in [6.07, 6.45) is 1.65. The van der Waals surface area contributed by atoms with E-state index in [1.165, 1.54) is 0 Å². The lowest BCUT2D eigenvalue weighted by atomic mass is 10.0. The van der Waals surface area contributed by atoms with E-state index in [1.54, 1.807) is 4.90 Å². The molecule has 0 aromatic heterocycles. The Balaban J connectivity index is 2.00. The summed E-state index contributed by atoms with van der Waals surface area (Å²) in [5, 5.41) is 2.95. The van der Waals surface area contributed by atoms with Gasteiger partial charge in [0.05, 0.1) is 0 Å². The monoisotopic (exact) mass is 366 g/mol. The van der Waals surface area contributed by atoms with Crippen LogP contribution in [0, 0.1) is 11.8 Å². The first-order valence-corrected chi connectivity index (χ1v) is 9.67. The molecule has 0 spiro atoms. The number of amides is 2. The normalized spacial score (nSPS) is 11.9. The Morgan fingerprint density at radius 1 is 0.852 bits per heavy atom. The first-order valence-electron chi connectivity index (χ1n) is 9.67. The molecule has 2 aromatic carbocycles. The highest BCUT2D eigenvalue weighted by atomic mass is 16.2. The first kappa shape index (κ1) is 20.7. The maximum Gasteiger partial charge on any atom is 0.231 e. The van der Waals surface area contributed by atoms with Gasteiger partial charge in [0.1, 0.15) is 0 Å². The minimum absolute atomic E-state index is 0.00474. The summed E-state index contributed by atoms with van der Waals surface area (Å²) < 4.78 is 0. The van der Waals surface area contributed by atoms with Gasteiger partial charge in [0, 0.05) is 30.8 Å². The number of anilines is 2. The Bertz CT molecular complexity index is 674. The van der Waals surface area contributed by atoms with E-state index in [9.17, 15) is 9.59 Å². The zero-order valence-electron chi connectivity index (χ0n) is 16.5. The van der Waals surface area contributed by atoms with Crippen LogP contribution in [0.5, 0.6) is 0 Å². The van der Waals surface area contributed by atoms with E-state index in [1.807, 2.05) is 67.6 Å². The maximum absolute atomic E-state index is 13.0. The van der Waals surface area contributed by atoms with Crippen LogP contribution in [0.2, 0.25) is 0 Å². The van der Waals surface area contributed by atoms with Gasteiger partial charge in [0.2, 0.25) is 11.8 Å². The van der Waals surface area contributed by atoms with Crippen molar-refractivity contribution < 1.29 is 9.59 Å². The Labute approximate surface area is 162 Å². The zero-order chi connectivity index (χ0) is 19.6. The van der Waals surface area contributed by atoms with Gasteiger partial charge >= 0.3 is 0 Å². The lowest BCUT2D eigenvalue weighted by Crippen LogP contribution is -2.30. The molecule has 2 amide bonds. The van der Waals surface area contributed by atoms with Crippen molar-refractivity contribution in [2.75, 3.05) is 11.4 Å². The first-order chi connectivity index (χ1) is 13.0. The summed E-state index contributed by atoms with van der Waals surface area (Å²) >= 11 is 0. The van der Waals surface area contributed by atoms with Crippen LogP contribution in [0.3, 0.4) is 0 Å². The molecule has 2 rings (SSSR count). The Hall–Kier alpha value is -2.62. The van der Waals surface area contributed by atoms with Crippen LogP contribution in [-0.4, -0.2) is 18.4 Å². The summed E-state index contributed by atoms with van der Waals surface area (Å²) in [6.45, 7) is 6.91. The molecule has 1 atom stereocenters. The summed E-state index contributed by atoms with van der Waals surface area (Å²) in [4.78, 5) is 26.9. The Kier molecular flexibility index (Phi) is 8.05. The minimum Gasteiger partial charge on any atom is -0.356 e. The van der Waals surface area contributed by atoms with E-state index in [0.29, 0.717) is 25.3 Å². The second-order valence-electron chi connectivity index (χ2n) is 7.45. The predicted molar refractivity (Wildman–Crippen MR) is 111 cm³/mol. The molecule has 0 saturated heterocycles. The third-order valence-corrected chi connectivity index (χ3v) is 4.38. The summed E-state index contributed by atoms with van der Waals surface area (Å²) in [7, 11) is 0. The smallest absolute Gasteiger partial charge is 0.231 e. The number of benzene rings is 2. The molecule has 0 aliphatic heterocycles. The number of rotatable bonds is 9. The number of carbonyl (C=O) groups is 2. The number of para-hydroxylation sites is 2. The van der Waals surface area contributed by atoms with Crippen LogP contribution in [0.4, 0.5) is 11.4 Å². The number of nitrogens with zero attached hydrogens (tertiary/aromatic N) is 1. The van der Waals surface area contributed by atoms with Crippen molar-refractivity contribution in [1.82, 2.24) is 5.32 Å². The SMILES string of the molecule is CC(C)CCNC(=O)C[C@@H](C)CC(=O)N(c1ccccc1)c1ccccc1. The fourth-order valence-corrected chi connectivity index (χ4v) is 2.94. The van der Waals surface area contributed by atoms with Crippen LogP contribution in [-0.2, 0) is 9.59 Å². The predicted octanol–water partition coefficient (Wildman–Crippen LogP) is 4.93. The molecule has 27 heavy (non-hydrogen) atoms. The van der Waals surface area contributed by atoms with Crippen molar-refractivity contribution >= 4 is 23.2 Å². The van der Waals surface area contributed by atoms with Gasteiger partial charge in [-0.1, -0.05) is 57.2 Å². The Morgan fingerprint density at radius 3 is 1.85 bits per heavy atom. The van der Waals surface area contributed by atoms with Crippen molar-refractivity contribution in [3.05, 3.63) is 60.7 Å². The molecule has 0 fully saturated rings. The van der Waals surface area contributed by atoms with Gasteiger partial charge in [0.15, 0.2) is 0 Å². The lowest BCUT2D eigenvalue weighted by molar-refractivity contribution is -0.122. The fraction of sp³-hybridized carbons (Fsp3) is 0.391. The molecule has 1 N–H and O–H groups in total. The summed E-state index contributed by atoms with van der Waals surface area (Å²) in [5.74, 6) is 0.554. The fourth-order valence-electron chi connectivity index (χ4n) is 2.94. The highest BCUT2D eigenvalue weighted by Gasteiger charge is 2.21. The van der Waals surface area contributed by atoms with E-state index < -0.39 is 0 Å². The quantitative estimate of drug-likeness (QED) is 0.684. The zero-order valence-corrected chi connectivity index (χ0v) is 16.5. The molecule has 0 heterocycles. The average Bonchev–Trinajstić information content (AvgIpc) is 2.63. The average molecular weight is 367 g/mol. The van der Waals surface area contributed by atoms with Crippen LogP contribution < -0.4 is 10.2 Å². The largest absolute Gasteiger partial charge is 0.356 e. The molecular weight excluding hydrogens is 336 g/mol. The molecule has 0 unspecified atom stereocenters. The maximum atomic E-state index is 13.0. The lowest BCUT2D eigenvalue weighted by Gasteiger charge is -2.24. The van der Waals surface area contributed by atoms with Gasteiger partial charge in [-0.25, -0.2) is 0 Å². The molecule has 0 saturated carbocycles. The van der Waals surface area contributed by atoms with Gasteiger partial charge in [0.25, 0.3) is 0 Å². The van der Waals surface area contributed by atoms with Gasteiger partial charge < -0.3 is 5.32 Å². The third kappa shape index (κ3) is 6.89. The van der Waals surface area contributed by atoms with Crippen molar-refractivity contribution in [2.45, 2.75) is 40.0 Å². The molecular formula is C23H30N2O2. The topological polar surface area (TPSA) is 49.4 Å². The molecule has 144 valence electrons. The summed E-state index contributed by atoms with van der Waals surface area (Å²) in [6, 6.07) is 19.2. The molecule has 4 heteroatoms. The second-order valence-corrected chi connectivity index (χ2v) is 7.45. The number of hydrogen-bond acceptors (Lipinski definition) is 2. The van der Waals surface area contributed by atoms with Gasteiger partial charge in [-0.05, 0) is 42.5 Å².